The minimum absolute atomic E-state index is 0.0680. The molecule has 158 valence electrons. The zero-order valence-corrected chi connectivity index (χ0v) is 18.2. The molecule has 2 N–H and O–H groups in total. The van der Waals surface area contributed by atoms with Gasteiger partial charge in [-0.3, -0.25) is 9.59 Å². The number of rotatable bonds is 6. The van der Waals surface area contributed by atoms with Crippen LogP contribution in [0.5, 0.6) is 11.5 Å². The molecule has 0 bridgehead atoms. The largest absolute Gasteiger partial charge is 0.454 e. The van der Waals surface area contributed by atoms with Gasteiger partial charge in [0.1, 0.15) is 5.03 Å². The number of carbonyl (C=O) groups is 2. The number of ether oxygens (including phenoxy) is 2. The maximum Gasteiger partial charge on any atom is 0.258 e. The van der Waals surface area contributed by atoms with Crippen LogP contribution in [0.3, 0.4) is 0 Å². The molecular formula is C21H15Cl2N3O4S. The lowest BCUT2D eigenvalue weighted by Gasteiger charge is -2.10. The molecule has 0 radical (unpaired) electrons. The molecule has 10 heteroatoms. The van der Waals surface area contributed by atoms with Crippen molar-refractivity contribution in [1.82, 2.24) is 4.98 Å². The Hall–Kier alpha value is -2.94. The van der Waals surface area contributed by atoms with Gasteiger partial charge in [0.15, 0.2) is 11.5 Å². The summed E-state index contributed by atoms with van der Waals surface area (Å²) in [6, 6.07) is 13.2. The number of anilines is 2. The molecule has 1 aromatic heterocycles. The third-order valence-electron chi connectivity index (χ3n) is 4.19. The molecule has 0 saturated heterocycles. The summed E-state index contributed by atoms with van der Waals surface area (Å²) in [5, 5.41) is 6.71. The lowest BCUT2D eigenvalue weighted by Crippen LogP contribution is -2.16. The summed E-state index contributed by atoms with van der Waals surface area (Å²) in [5.41, 5.74) is 1.43. The minimum atomic E-state index is -0.370. The first kappa shape index (κ1) is 21.3. The fraction of sp³-hybridized carbons (Fsp3) is 0.0952. The van der Waals surface area contributed by atoms with Crippen molar-refractivity contribution in [1.29, 1.82) is 0 Å². The van der Waals surface area contributed by atoms with E-state index in [0.717, 1.165) is 11.8 Å². The van der Waals surface area contributed by atoms with Gasteiger partial charge < -0.3 is 20.1 Å². The molecule has 0 atom stereocenters. The van der Waals surface area contributed by atoms with Gasteiger partial charge in [0, 0.05) is 23.6 Å². The molecule has 0 fully saturated rings. The highest BCUT2D eigenvalue weighted by molar-refractivity contribution is 8.00. The van der Waals surface area contributed by atoms with Crippen molar-refractivity contribution in [3.8, 4) is 11.5 Å². The maximum atomic E-state index is 12.7. The number of hydrogen-bond acceptors (Lipinski definition) is 6. The minimum Gasteiger partial charge on any atom is -0.454 e. The number of hydrogen-bond donors (Lipinski definition) is 2. The molecule has 0 aliphatic carbocycles. The molecular weight excluding hydrogens is 461 g/mol. The summed E-state index contributed by atoms with van der Waals surface area (Å²) in [6.07, 6.45) is 1.56. The van der Waals surface area contributed by atoms with Crippen LogP contribution in [0.2, 0.25) is 10.0 Å². The van der Waals surface area contributed by atoms with E-state index in [2.05, 4.69) is 15.6 Å². The van der Waals surface area contributed by atoms with E-state index in [4.69, 9.17) is 32.7 Å². The maximum absolute atomic E-state index is 12.7. The van der Waals surface area contributed by atoms with Gasteiger partial charge in [-0.2, -0.15) is 0 Å². The molecule has 31 heavy (non-hydrogen) atoms. The van der Waals surface area contributed by atoms with Crippen LogP contribution in [0, 0.1) is 0 Å². The van der Waals surface area contributed by atoms with Crippen LogP contribution in [0.1, 0.15) is 10.4 Å². The number of fused-ring (bicyclic) bond motifs is 1. The molecule has 2 amide bonds. The first-order chi connectivity index (χ1) is 15.0. The van der Waals surface area contributed by atoms with Crippen LogP contribution in [0.25, 0.3) is 0 Å². The first-order valence-corrected chi connectivity index (χ1v) is 10.8. The SMILES string of the molecule is O=C(CSc1ncccc1C(=O)Nc1ccc(Cl)c(Cl)c1)Nc1ccc2c(c1)OCO2. The van der Waals surface area contributed by atoms with Gasteiger partial charge in [-0.1, -0.05) is 35.0 Å². The Balaban J connectivity index is 1.39. The Bertz CT molecular complexity index is 1160. The number of amides is 2. The second-order valence-corrected chi connectivity index (χ2v) is 8.12. The molecule has 3 aromatic rings. The quantitative estimate of drug-likeness (QED) is 0.482. The standard InChI is InChI=1S/C21H15Cl2N3O4S/c22-15-5-3-12(8-16(15)23)26-20(28)14-2-1-7-24-21(14)31-10-19(27)25-13-4-6-17-18(9-13)30-11-29-17/h1-9H,10-11H2,(H,25,27)(H,26,28). The van der Waals surface area contributed by atoms with Gasteiger partial charge in [-0.25, -0.2) is 4.98 Å². The van der Waals surface area contributed by atoms with Crippen LogP contribution in [0.15, 0.2) is 59.8 Å². The smallest absolute Gasteiger partial charge is 0.258 e. The van der Waals surface area contributed by atoms with E-state index in [1.54, 1.807) is 54.7 Å². The average Bonchev–Trinajstić information content (AvgIpc) is 3.23. The number of pyridine rings is 1. The molecule has 1 aliphatic heterocycles. The summed E-state index contributed by atoms with van der Waals surface area (Å²) in [7, 11) is 0. The van der Waals surface area contributed by atoms with Gasteiger partial charge in [0.25, 0.3) is 5.91 Å². The summed E-state index contributed by atoms with van der Waals surface area (Å²) >= 11 is 13.1. The number of carbonyl (C=O) groups excluding carboxylic acids is 2. The number of halogens is 2. The monoisotopic (exact) mass is 475 g/mol. The molecule has 7 nitrogen and oxygen atoms in total. The van der Waals surface area contributed by atoms with E-state index < -0.39 is 0 Å². The van der Waals surface area contributed by atoms with Crippen LogP contribution in [0.4, 0.5) is 11.4 Å². The third-order valence-corrected chi connectivity index (χ3v) is 5.93. The average molecular weight is 476 g/mol. The van der Waals surface area contributed by atoms with Gasteiger partial charge >= 0.3 is 0 Å². The van der Waals surface area contributed by atoms with Crippen LogP contribution in [-0.2, 0) is 4.79 Å². The molecule has 0 spiro atoms. The molecule has 0 unspecified atom stereocenters. The molecule has 1 aliphatic rings. The van der Waals surface area contributed by atoms with E-state index in [9.17, 15) is 9.59 Å². The molecule has 0 saturated carbocycles. The Labute approximate surface area is 192 Å². The fourth-order valence-corrected chi connectivity index (χ4v) is 3.85. The highest BCUT2D eigenvalue weighted by atomic mass is 35.5. The molecule has 4 rings (SSSR count). The van der Waals surface area contributed by atoms with Crippen molar-refractivity contribution in [2.45, 2.75) is 5.03 Å². The van der Waals surface area contributed by atoms with Crippen LogP contribution < -0.4 is 20.1 Å². The third kappa shape index (κ3) is 5.22. The Morgan fingerprint density at radius 3 is 2.58 bits per heavy atom. The Morgan fingerprint density at radius 2 is 1.74 bits per heavy atom. The molecule has 2 aromatic carbocycles. The Kier molecular flexibility index (Phi) is 6.50. The number of benzene rings is 2. The topological polar surface area (TPSA) is 89.6 Å². The van der Waals surface area contributed by atoms with Crippen molar-refractivity contribution in [2.24, 2.45) is 0 Å². The van der Waals surface area contributed by atoms with Crippen LogP contribution >= 0.6 is 35.0 Å². The summed E-state index contributed by atoms with van der Waals surface area (Å²) < 4.78 is 10.6. The number of nitrogens with one attached hydrogen (secondary N) is 2. The predicted octanol–water partition coefficient (Wildman–Crippen LogP) is 5.10. The van der Waals surface area contributed by atoms with Gasteiger partial charge in [-0.15, -0.1) is 0 Å². The lowest BCUT2D eigenvalue weighted by molar-refractivity contribution is -0.113. The highest BCUT2D eigenvalue weighted by Gasteiger charge is 2.17. The van der Waals surface area contributed by atoms with Crippen molar-refractivity contribution >= 4 is 58.2 Å². The van der Waals surface area contributed by atoms with Gasteiger partial charge in [-0.05, 0) is 42.5 Å². The van der Waals surface area contributed by atoms with E-state index in [1.165, 1.54) is 0 Å². The second kappa shape index (κ2) is 9.47. The molecule has 2 heterocycles. The summed E-state index contributed by atoms with van der Waals surface area (Å²) in [6.45, 7) is 0.162. The summed E-state index contributed by atoms with van der Waals surface area (Å²) in [5.74, 6) is 0.670. The van der Waals surface area contributed by atoms with Crippen molar-refractivity contribution < 1.29 is 19.1 Å². The first-order valence-electron chi connectivity index (χ1n) is 9.03. The predicted molar refractivity (Wildman–Crippen MR) is 121 cm³/mol. The van der Waals surface area contributed by atoms with Crippen LogP contribution in [-0.4, -0.2) is 29.3 Å². The lowest BCUT2D eigenvalue weighted by atomic mass is 10.2. The fourth-order valence-electron chi connectivity index (χ4n) is 2.76. The highest BCUT2D eigenvalue weighted by Crippen LogP contribution is 2.34. The van der Waals surface area contributed by atoms with Crippen molar-refractivity contribution in [2.75, 3.05) is 23.2 Å². The van der Waals surface area contributed by atoms with E-state index in [-0.39, 0.29) is 24.4 Å². The number of thioether (sulfide) groups is 1. The van der Waals surface area contributed by atoms with Gasteiger partial charge in [0.2, 0.25) is 12.7 Å². The summed E-state index contributed by atoms with van der Waals surface area (Å²) in [4.78, 5) is 29.3. The Morgan fingerprint density at radius 1 is 0.968 bits per heavy atom. The number of aromatic nitrogens is 1. The van der Waals surface area contributed by atoms with Crippen molar-refractivity contribution in [3.63, 3.8) is 0 Å². The van der Waals surface area contributed by atoms with Gasteiger partial charge in [0.05, 0.1) is 21.4 Å². The zero-order valence-electron chi connectivity index (χ0n) is 15.9. The van der Waals surface area contributed by atoms with E-state index >= 15 is 0 Å². The normalized spacial score (nSPS) is 11.8. The number of nitrogens with zero attached hydrogens (tertiary/aromatic N) is 1. The zero-order chi connectivity index (χ0) is 21.8. The van der Waals surface area contributed by atoms with Crippen molar-refractivity contribution in [3.05, 3.63) is 70.3 Å². The van der Waals surface area contributed by atoms with E-state index in [1.807, 2.05) is 0 Å². The second-order valence-electron chi connectivity index (χ2n) is 6.34. The van der Waals surface area contributed by atoms with E-state index in [0.29, 0.717) is 43.5 Å².